The molecule has 1 aromatic rings. The quantitative estimate of drug-likeness (QED) is 0.899. The van der Waals surface area contributed by atoms with Gasteiger partial charge in [0.15, 0.2) is 0 Å². The van der Waals surface area contributed by atoms with Gasteiger partial charge in [0, 0.05) is 9.35 Å². The lowest BCUT2D eigenvalue weighted by Crippen LogP contribution is -1.92. The number of halogens is 1. The molecule has 0 aliphatic carbocycles. The molecule has 0 bridgehead atoms. The van der Waals surface area contributed by atoms with Gasteiger partial charge in [-0.25, -0.2) is 4.79 Å². The Morgan fingerprint density at radius 2 is 2.14 bits per heavy atom. The van der Waals surface area contributed by atoms with Crippen molar-refractivity contribution in [2.24, 2.45) is 0 Å². The van der Waals surface area contributed by atoms with Gasteiger partial charge in [0.2, 0.25) is 0 Å². The highest BCUT2D eigenvalue weighted by Crippen LogP contribution is 2.36. The van der Waals surface area contributed by atoms with E-state index in [0.29, 0.717) is 10.8 Å². The second-order valence-corrected chi connectivity index (χ2v) is 5.08. The minimum atomic E-state index is -0.840. The van der Waals surface area contributed by atoms with E-state index in [1.54, 1.807) is 6.07 Å². The van der Waals surface area contributed by atoms with Gasteiger partial charge in [-0.15, -0.1) is 11.3 Å². The molecule has 0 spiro atoms. The largest absolute Gasteiger partial charge is 0.477 e. The number of aromatic carboxylic acids is 1. The Kier molecular flexibility index (Phi) is 4.13. The smallest absolute Gasteiger partial charge is 0.345 e. The normalized spacial score (nSPS) is 10.9. The molecule has 78 valence electrons. The third kappa shape index (κ3) is 2.36. The molecular weight excluding hydrogens is 264 g/mol. The van der Waals surface area contributed by atoms with Crippen molar-refractivity contribution in [3.05, 3.63) is 20.3 Å². The Morgan fingerprint density at radius 1 is 1.57 bits per heavy atom. The van der Waals surface area contributed by atoms with Gasteiger partial charge in [-0.2, -0.15) is 0 Å². The molecule has 0 unspecified atom stereocenters. The molecule has 0 radical (unpaired) electrons. The summed E-state index contributed by atoms with van der Waals surface area (Å²) < 4.78 is 0.939. The SMILES string of the molecule is CCC(CC)c1sc(C(=O)O)cc1Br. The molecule has 0 saturated heterocycles. The highest BCUT2D eigenvalue weighted by molar-refractivity contribution is 9.10. The van der Waals surface area contributed by atoms with Gasteiger partial charge in [-0.3, -0.25) is 0 Å². The summed E-state index contributed by atoms with van der Waals surface area (Å²) in [5, 5.41) is 8.84. The summed E-state index contributed by atoms with van der Waals surface area (Å²) >= 11 is 4.79. The van der Waals surface area contributed by atoms with Crippen molar-refractivity contribution in [1.82, 2.24) is 0 Å². The zero-order valence-electron chi connectivity index (χ0n) is 8.21. The van der Waals surface area contributed by atoms with Crippen LogP contribution in [0.1, 0.15) is 47.2 Å². The molecule has 4 heteroatoms. The van der Waals surface area contributed by atoms with Crippen LogP contribution in [-0.2, 0) is 0 Å². The summed E-state index contributed by atoms with van der Waals surface area (Å²) in [6, 6.07) is 1.70. The zero-order chi connectivity index (χ0) is 10.7. The maximum Gasteiger partial charge on any atom is 0.345 e. The van der Waals surface area contributed by atoms with E-state index in [-0.39, 0.29) is 0 Å². The molecule has 2 nitrogen and oxygen atoms in total. The van der Waals surface area contributed by atoms with Crippen molar-refractivity contribution in [1.29, 1.82) is 0 Å². The van der Waals surface area contributed by atoms with Crippen molar-refractivity contribution in [3.8, 4) is 0 Å². The van der Waals surface area contributed by atoms with Crippen LogP contribution in [0.3, 0.4) is 0 Å². The van der Waals surface area contributed by atoms with E-state index in [4.69, 9.17) is 5.11 Å². The summed E-state index contributed by atoms with van der Waals surface area (Å²) in [7, 11) is 0. The molecule has 0 fully saturated rings. The number of thiophene rings is 1. The first-order chi connectivity index (χ1) is 6.60. The van der Waals surface area contributed by atoms with Crippen LogP contribution in [0.2, 0.25) is 0 Å². The molecule has 0 aliphatic rings. The molecule has 0 atom stereocenters. The molecule has 0 saturated carbocycles. The first-order valence-corrected chi connectivity index (χ1v) is 6.23. The third-order valence-corrected chi connectivity index (χ3v) is 4.48. The van der Waals surface area contributed by atoms with E-state index >= 15 is 0 Å². The van der Waals surface area contributed by atoms with Crippen LogP contribution in [0.5, 0.6) is 0 Å². The minimum absolute atomic E-state index is 0.416. The van der Waals surface area contributed by atoms with Crippen LogP contribution in [0, 0.1) is 0 Å². The average molecular weight is 277 g/mol. The fraction of sp³-hybridized carbons (Fsp3) is 0.500. The lowest BCUT2D eigenvalue weighted by molar-refractivity contribution is 0.0702. The molecular formula is C10H13BrO2S. The second-order valence-electron chi connectivity index (χ2n) is 3.14. The van der Waals surface area contributed by atoms with Crippen LogP contribution >= 0.6 is 27.3 Å². The van der Waals surface area contributed by atoms with Gasteiger partial charge in [-0.1, -0.05) is 13.8 Å². The average Bonchev–Trinajstić information content (AvgIpc) is 2.51. The maximum absolute atomic E-state index is 10.8. The number of carbonyl (C=O) groups is 1. The zero-order valence-corrected chi connectivity index (χ0v) is 10.6. The Balaban J connectivity index is 3.02. The highest BCUT2D eigenvalue weighted by Gasteiger charge is 2.17. The fourth-order valence-electron chi connectivity index (χ4n) is 1.43. The molecule has 0 amide bonds. The molecule has 0 aliphatic heterocycles. The molecule has 1 N–H and O–H groups in total. The van der Waals surface area contributed by atoms with E-state index in [0.717, 1.165) is 22.2 Å². The fourth-order valence-corrected chi connectivity index (χ4v) is 3.53. The van der Waals surface area contributed by atoms with E-state index in [1.165, 1.54) is 11.3 Å². The van der Waals surface area contributed by atoms with Gasteiger partial charge in [-0.05, 0) is 40.8 Å². The molecule has 14 heavy (non-hydrogen) atoms. The first-order valence-electron chi connectivity index (χ1n) is 4.62. The van der Waals surface area contributed by atoms with Crippen molar-refractivity contribution in [2.75, 3.05) is 0 Å². The van der Waals surface area contributed by atoms with Gasteiger partial charge in [0.05, 0.1) is 0 Å². The van der Waals surface area contributed by atoms with Crippen LogP contribution in [0.25, 0.3) is 0 Å². The standard InChI is InChI=1S/C10H13BrO2S/c1-3-6(4-2)9-7(11)5-8(14-9)10(12)13/h5-6H,3-4H2,1-2H3,(H,12,13). The van der Waals surface area contributed by atoms with Crippen LogP contribution in [-0.4, -0.2) is 11.1 Å². The predicted octanol–water partition coefficient (Wildman–Crippen LogP) is 4.11. The Bertz CT molecular complexity index is 329. The summed E-state index contributed by atoms with van der Waals surface area (Å²) in [6.45, 7) is 4.25. The van der Waals surface area contributed by atoms with E-state index in [9.17, 15) is 4.79 Å². The van der Waals surface area contributed by atoms with Crippen LogP contribution in [0.4, 0.5) is 0 Å². The van der Waals surface area contributed by atoms with Crippen molar-refractivity contribution in [3.63, 3.8) is 0 Å². The van der Waals surface area contributed by atoms with Crippen LogP contribution < -0.4 is 0 Å². The Morgan fingerprint density at radius 3 is 2.50 bits per heavy atom. The van der Waals surface area contributed by atoms with E-state index < -0.39 is 5.97 Å². The topological polar surface area (TPSA) is 37.3 Å². The lowest BCUT2D eigenvalue weighted by atomic mass is 10.0. The molecule has 1 aromatic heterocycles. The highest BCUT2D eigenvalue weighted by atomic mass is 79.9. The Labute approximate surface area is 96.1 Å². The number of carboxylic acid groups (broad SMARTS) is 1. The van der Waals surface area contributed by atoms with Gasteiger partial charge >= 0.3 is 5.97 Å². The van der Waals surface area contributed by atoms with E-state index in [1.807, 2.05) is 0 Å². The Hall–Kier alpha value is -0.350. The van der Waals surface area contributed by atoms with Crippen molar-refractivity contribution >= 4 is 33.2 Å². The van der Waals surface area contributed by atoms with E-state index in [2.05, 4.69) is 29.8 Å². The summed E-state index contributed by atoms with van der Waals surface area (Å²) in [5.41, 5.74) is 0. The van der Waals surface area contributed by atoms with Gasteiger partial charge in [0.1, 0.15) is 4.88 Å². The van der Waals surface area contributed by atoms with Gasteiger partial charge in [0.25, 0.3) is 0 Å². The lowest BCUT2D eigenvalue weighted by Gasteiger charge is -2.09. The van der Waals surface area contributed by atoms with Crippen LogP contribution in [0.15, 0.2) is 10.5 Å². The number of rotatable bonds is 4. The number of hydrogen-bond acceptors (Lipinski definition) is 2. The minimum Gasteiger partial charge on any atom is -0.477 e. The summed E-state index contributed by atoms with van der Waals surface area (Å²) in [6.07, 6.45) is 2.10. The summed E-state index contributed by atoms with van der Waals surface area (Å²) in [5.74, 6) is -0.365. The first kappa shape index (κ1) is 11.7. The molecule has 1 heterocycles. The second kappa shape index (κ2) is 4.94. The predicted molar refractivity (Wildman–Crippen MR) is 62.3 cm³/mol. The number of hydrogen-bond donors (Lipinski definition) is 1. The third-order valence-electron chi connectivity index (χ3n) is 2.28. The summed E-state index contributed by atoms with van der Waals surface area (Å²) in [4.78, 5) is 12.3. The molecule has 1 rings (SSSR count). The monoisotopic (exact) mass is 276 g/mol. The molecule has 0 aromatic carbocycles. The van der Waals surface area contributed by atoms with Crippen molar-refractivity contribution < 1.29 is 9.90 Å². The maximum atomic E-state index is 10.8. The van der Waals surface area contributed by atoms with Crippen molar-refractivity contribution in [2.45, 2.75) is 32.6 Å². The number of carboxylic acids is 1. The van der Waals surface area contributed by atoms with Gasteiger partial charge < -0.3 is 5.11 Å².